The van der Waals surface area contributed by atoms with Crippen molar-refractivity contribution >= 4 is 17.2 Å². The van der Waals surface area contributed by atoms with E-state index in [9.17, 15) is 4.79 Å². The molecule has 21 heavy (non-hydrogen) atoms. The highest BCUT2D eigenvalue weighted by molar-refractivity contribution is 7.12. The van der Waals surface area contributed by atoms with E-state index >= 15 is 0 Å². The molecule has 1 aliphatic rings. The predicted molar refractivity (Wildman–Crippen MR) is 81.4 cm³/mol. The molecule has 3 heterocycles. The summed E-state index contributed by atoms with van der Waals surface area (Å²) in [6.07, 6.45) is 5.25. The Hall–Kier alpha value is -1.66. The molecule has 0 radical (unpaired) electrons. The Kier molecular flexibility index (Phi) is 4.07. The molecule has 0 aliphatic carbocycles. The molecule has 6 heteroatoms. The number of thiophene rings is 1. The average molecular weight is 305 g/mol. The van der Waals surface area contributed by atoms with Crippen LogP contribution in [-0.2, 0) is 11.8 Å². The largest absolute Gasteiger partial charge is 0.372 e. The number of aryl methyl sites for hydroxylation is 2. The lowest BCUT2D eigenvalue weighted by Gasteiger charge is -2.30. The van der Waals surface area contributed by atoms with Crippen molar-refractivity contribution in [2.45, 2.75) is 31.9 Å². The summed E-state index contributed by atoms with van der Waals surface area (Å²) < 4.78 is 7.79. The van der Waals surface area contributed by atoms with E-state index in [0.29, 0.717) is 6.61 Å². The van der Waals surface area contributed by atoms with Gasteiger partial charge in [-0.25, -0.2) is 4.98 Å². The van der Waals surface area contributed by atoms with Crippen LogP contribution in [0.15, 0.2) is 24.0 Å². The van der Waals surface area contributed by atoms with Crippen LogP contribution in [0.3, 0.4) is 0 Å². The monoisotopic (exact) mass is 305 g/mol. The van der Waals surface area contributed by atoms with E-state index in [0.717, 1.165) is 29.0 Å². The minimum Gasteiger partial charge on any atom is -0.372 e. The number of nitrogens with one attached hydrogen (secondary N) is 1. The molecule has 1 fully saturated rings. The van der Waals surface area contributed by atoms with Crippen LogP contribution in [0.5, 0.6) is 0 Å². The first kappa shape index (κ1) is 14.3. The van der Waals surface area contributed by atoms with E-state index in [-0.39, 0.29) is 18.1 Å². The van der Waals surface area contributed by atoms with Gasteiger partial charge in [0, 0.05) is 19.7 Å². The molecule has 1 N–H and O–H groups in total. The van der Waals surface area contributed by atoms with Crippen LogP contribution in [0.1, 0.15) is 39.9 Å². The quantitative estimate of drug-likeness (QED) is 0.947. The van der Waals surface area contributed by atoms with Crippen LogP contribution < -0.4 is 5.32 Å². The van der Waals surface area contributed by atoms with E-state index in [4.69, 9.17) is 4.74 Å². The molecular weight excluding hydrogens is 286 g/mol. The Morgan fingerprint density at radius 3 is 3.10 bits per heavy atom. The van der Waals surface area contributed by atoms with E-state index in [1.165, 1.54) is 11.3 Å². The van der Waals surface area contributed by atoms with Crippen molar-refractivity contribution in [3.63, 3.8) is 0 Å². The number of carbonyl (C=O) groups is 1. The summed E-state index contributed by atoms with van der Waals surface area (Å²) >= 11 is 1.49. The fourth-order valence-corrected chi connectivity index (χ4v) is 3.50. The molecule has 1 amide bonds. The number of hydrogen-bond donors (Lipinski definition) is 1. The molecule has 112 valence electrons. The third kappa shape index (κ3) is 3.01. The van der Waals surface area contributed by atoms with Crippen LogP contribution in [0.2, 0.25) is 0 Å². The van der Waals surface area contributed by atoms with Crippen LogP contribution in [0.4, 0.5) is 0 Å². The first-order valence-electron chi connectivity index (χ1n) is 7.08. The molecule has 1 saturated heterocycles. The van der Waals surface area contributed by atoms with Gasteiger partial charge in [0.15, 0.2) is 0 Å². The number of amides is 1. The second-order valence-electron chi connectivity index (χ2n) is 5.42. The minimum atomic E-state index is 0.000910. The highest BCUT2D eigenvalue weighted by atomic mass is 32.1. The van der Waals surface area contributed by atoms with Gasteiger partial charge in [-0.05, 0) is 36.8 Å². The van der Waals surface area contributed by atoms with Gasteiger partial charge in [0.2, 0.25) is 0 Å². The normalized spacial score (nSPS) is 22.2. The number of carbonyl (C=O) groups excluding carboxylic acids is 1. The van der Waals surface area contributed by atoms with Crippen LogP contribution in [0.25, 0.3) is 0 Å². The molecule has 5 nitrogen and oxygen atoms in total. The molecule has 0 aromatic carbocycles. The first-order chi connectivity index (χ1) is 10.1. The number of aromatic nitrogens is 2. The SMILES string of the molecule is Cc1ccsc1C(=O)N[C@@H]1CCO[C@@H](c2cncn2C)C1. The third-order valence-electron chi connectivity index (χ3n) is 3.87. The number of ether oxygens (including phenoxy) is 1. The van der Waals surface area contributed by atoms with Gasteiger partial charge in [0.25, 0.3) is 5.91 Å². The Morgan fingerprint density at radius 1 is 1.57 bits per heavy atom. The fourth-order valence-electron chi connectivity index (χ4n) is 2.67. The van der Waals surface area contributed by atoms with Crippen molar-refractivity contribution in [2.75, 3.05) is 6.61 Å². The molecule has 2 aromatic rings. The molecule has 0 unspecified atom stereocenters. The first-order valence-corrected chi connectivity index (χ1v) is 7.96. The summed E-state index contributed by atoms with van der Waals surface area (Å²) in [5.74, 6) is 0.0261. The zero-order valence-electron chi connectivity index (χ0n) is 12.2. The van der Waals surface area contributed by atoms with Gasteiger partial charge in [-0.1, -0.05) is 0 Å². The summed E-state index contributed by atoms with van der Waals surface area (Å²) in [6, 6.07) is 2.12. The maximum atomic E-state index is 12.3. The molecule has 3 rings (SSSR count). The van der Waals surface area contributed by atoms with Crippen LogP contribution >= 0.6 is 11.3 Å². The molecular formula is C15H19N3O2S. The van der Waals surface area contributed by atoms with Crippen LogP contribution in [0, 0.1) is 6.92 Å². The van der Waals surface area contributed by atoms with Crippen molar-refractivity contribution in [3.8, 4) is 0 Å². The van der Waals surface area contributed by atoms with E-state index < -0.39 is 0 Å². The van der Waals surface area contributed by atoms with Crippen molar-refractivity contribution < 1.29 is 9.53 Å². The molecule has 2 atom stereocenters. The molecule has 1 aliphatic heterocycles. The molecule has 0 spiro atoms. The maximum absolute atomic E-state index is 12.3. The van der Waals surface area contributed by atoms with Gasteiger partial charge < -0.3 is 14.6 Å². The number of imidazole rings is 1. The van der Waals surface area contributed by atoms with Gasteiger partial charge in [-0.3, -0.25) is 4.79 Å². The molecule has 0 saturated carbocycles. The van der Waals surface area contributed by atoms with Crippen molar-refractivity contribution in [3.05, 3.63) is 40.1 Å². The van der Waals surface area contributed by atoms with Gasteiger partial charge in [0.05, 0.1) is 23.1 Å². The Labute approximate surface area is 128 Å². The predicted octanol–water partition coefficient (Wildman–Crippen LogP) is 2.44. The summed E-state index contributed by atoms with van der Waals surface area (Å²) in [5, 5.41) is 5.09. The minimum absolute atomic E-state index is 0.000910. The zero-order valence-corrected chi connectivity index (χ0v) is 13.0. The van der Waals surface area contributed by atoms with Crippen molar-refractivity contribution in [2.24, 2.45) is 7.05 Å². The number of nitrogens with zero attached hydrogens (tertiary/aromatic N) is 2. The van der Waals surface area contributed by atoms with Gasteiger partial charge in [-0.2, -0.15) is 0 Å². The molecule has 2 aromatic heterocycles. The van der Waals surface area contributed by atoms with Crippen molar-refractivity contribution in [1.29, 1.82) is 0 Å². The highest BCUT2D eigenvalue weighted by Gasteiger charge is 2.27. The lowest BCUT2D eigenvalue weighted by molar-refractivity contribution is -0.00299. The summed E-state index contributed by atoms with van der Waals surface area (Å²) in [5.41, 5.74) is 2.09. The standard InChI is InChI=1S/C15H19N3O2S/c1-10-4-6-21-14(10)15(19)17-11-3-5-20-13(7-11)12-8-16-9-18(12)2/h4,6,8-9,11,13H,3,5,7H2,1-2H3,(H,17,19)/t11-,13-/m1/s1. The Morgan fingerprint density at radius 2 is 2.43 bits per heavy atom. The Bertz CT molecular complexity index is 634. The van der Waals surface area contributed by atoms with Gasteiger partial charge >= 0.3 is 0 Å². The van der Waals surface area contributed by atoms with E-state index in [2.05, 4.69) is 10.3 Å². The zero-order chi connectivity index (χ0) is 14.8. The highest BCUT2D eigenvalue weighted by Crippen LogP contribution is 2.28. The smallest absolute Gasteiger partial charge is 0.261 e. The molecule has 0 bridgehead atoms. The van der Waals surface area contributed by atoms with E-state index in [1.807, 2.05) is 36.2 Å². The maximum Gasteiger partial charge on any atom is 0.261 e. The lowest BCUT2D eigenvalue weighted by Crippen LogP contribution is -2.40. The van der Waals surface area contributed by atoms with Crippen LogP contribution in [-0.4, -0.2) is 28.1 Å². The number of rotatable bonds is 3. The number of hydrogen-bond acceptors (Lipinski definition) is 4. The summed E-state index contributed by atoms with van der Waals surface area (Å²) in [4.78, 5) is 17.2. The third-order valence-corrected chi connectivity index (χ3v) is 4.89. The average Bonchev–Trinajstić information content (AvgIpc) is 3.07. The fraction of sp³-hybridized carbons (Fsp3) is 0.467. The van der Waals surface area contributed by atoms with Gasteiger partial charge in [0.1, 0.15) is 6.10 Å². The van der Waals surface area contributed by atoms with Gasteiger partial charge in [-0.15, -0.1) is 11.3 Å². The van der Waals surface area contributed by atoms with E-state index in [1.54, 1.807) is 6.33 Å². The Balaban J connectivity index is 1.66. The summed E-state index contributed by atoms with van der Waals surface area (Å²) in [6.45, 7) is 2.62. The topological polar surface area (TPSA) is 56.1 Å². The second kappa shape index (κ2) is 5.99. The van der Waals surface area contributed by atoms with Crippen molar-refractivity contribution in [1.82, 2.24) is 14.9 Å². The second-order valence-corrected chi connectivity index (χ2v) is 6.33. The lowest BCUT2D eigenvalue weighted by atomic mass is 10.0. The summed E-state index contributed by atoms with van der Waals surface area (Å²) in [7, 11) is 1.96.